The molecule has 3 fully saturated rings. The van der Waals surface area contributed by atoms with E-state index >= 15 is 0 Å². The van der Waals surface area contributed by atoms with Crippen molar-refractivity contribution in [2.24, 2.45) is 11.1 Å². The molecule has 210 valence electrons. The van der Waals surface area contributed by atoms with E-state index in [0.29, 0.717) is 28.4 Å². The second-order valence-corrected chi connectivity index (χ2v) is 11.3. The maximum Gasteiger partial charge on any atom is 0.271 e. The predicted octanol–water partition coefficient (Wildman–Crippen LogP) is 3.89. The van der Waals surface area contributed by atoms with Crippen molar-refractivity contribution in [2.45, 2.75) is 45.2 Å². The van der Waals surface area contributed by atoms with Crippen LogP contribution < -0.4 is 16.4 Å². The van der Waals surface area contributed by atoms with Crippen molar-refractivity contribution in [2.75, 3.05) is 50.2 Å². The number of anilines is 3. The number of hydrogen-bond donors (Lipinski definition) is 3. The summed E-state index contributed by atoms with van der Waals surface area (Å²) in [5.74, 6) is 0.280. The first-order valence-corrected chi connectivity index (χ1v) is 14.1. The molecule has 0 radical (unpaired) electrons. The third kappa shape index (κ3) is 5.79. The zero-order valence-corrected chi connectivity index (χ0v) is 23.0. The average molecular weight is 544 g/mol. The van der Waals surface area contributed by atoms with Crippen molar-refractivity contribution in [1.29, 1.82) is 0 Å². The van der Waals surface area contributed by atoms with Gasteiger partial charge in [-0.1, -0.05) is 18.2 Å². The number of morpholine rings is 1. The number of nitrogens with two attached hydrogens (primary N) is 1. The number of hydrogen-bond acceptors (Lipinski definition) is 9. The summed E-state index contributed by atoms with van der Waals surface area (Å²) in [6.45, 7) is 8.00. The van der Waals surface area contributed by atoms with E-state index in [-0.39, 0.29) is 11.7 Å². The third-order valence-corrected chi connectivity index (χ3v) is 8.29. The summed E-state index contributed by atoms with van der Waals surface area (Å²) >= 11 is 0. The van der Waals surface area contributed by atoms with Gasteiger partial charge in [-0.05, 0) is 61.9 Å². The van der Waals surface area contributed by atoms with Crippen LogP contribution >= 0.6 is 0 Å². The van der Waals surface area contributed by atoms with Crippen molar-refractivity contribution in [3.63, 3.8) is 0 Å². The van der Waals surface area contributed by atoms with Crippen LogP contribution in [0.5, 0.6) is 0 Å². The summed E-state index contributed by atoms with van der Waals surface area (Å²) in [5, 5.41) is 6.95. The number of nitrogens with zero attached hydrogens (tertiary/aromatic N) is 4. The number of amides is 1. The minimum absolute atomic E-state index is 0.0808. The Morgan fingerprint density at radius 3 is 2.42 bits per heavy atom. The molecule has 1 spiro atoms. The van der Waals surface area contributed by atoms with Gasteiger partial charge < -0.3 is 25.8 Å². The van der Waals surface area contributed by atoms with E-state index in [2.05, 4.69) is 32.7 Å². The molecule has 2 aliphatic heterocycles. The molecule has 4 heterocycles. The molecule has 6 rings (SSSR count). The average Bonchev–Trinajstić information content (AvgIpc) is 2.95. The van der Waals surface area contributed by atoms with Crippen molar-refractivity contribution < 1.29 is 14.3 Å². The fourth-order valence-corrected chi connectivity index (χ4v) is 5.79. The van der Waals surface area contributed by atoms with Crippen LogP contribution in [0, 0.1) is 12.3 Å². The fourth-order valence-electron chi connectivity index (χ4n) is 5.79. The van der Waals surface area contributed by atoms with E-state index in [0.717, 1.165) is 83.0 Å². The highest BCUT2D eigenvalue weighted by Crippen LogP contribution is 2.43. The van der Waals surface area contributed by atoms with Crippen LogP contribution in [-0.4, -0.2) is 71.3 Å². The Morgan fingerprint density at radius 2 is 1.77 bits per heavy atom. The van der Waals surface area contributed by atoms with Crippen molar-refractivity contribution in [3.05, 3.63) is 59.4 Å². The minimum atomic E-state index is -0.648. The van der Waals surface area contributed by atoms with E-state index in [9.17, 15) is 4.79 Å². The Kier molecular flexibility index (Phi) is 7.64. The molecule has 3 aliphatic rings. The van der Waals surface area contributed by atoms with Gasteiger partial charge in [0.2, 0.25) is 0 Å². The van der Waals surface area contributed by atoms with Gasteiger partial charge in [0.1, 0.15) is 5.69 Å². The monoisotopic (exact) mass is 543 g/mol. The number of carbonyl (C=O) groups is 1. The maximum atomic E-state index is 12.6. The smallest absolute Gasteiger partial charge is 0.271 e. The van der Waals surface area contributed by atoms with Crippen molar-refractivity contribution in [3.8, 4) is 11.4 Å². The largest absolute Gasteiger partial charge is 0.380 e. The third-order valence-electron chi connectivity index (χ3n) is 8.29. The number of nitrogens with one attached hydrogen (secondary N) is 2. The fraction of sp³-hybridized carbons (Fsp3) is 0.467. The van der Waals surface area contributed by atoms with Gasteiger partial charge in [-0.2, -0.15) is 0 Å². The highest BCUT2D eigenvalue weighted by atomic mass is 16.5. The number of carbonyl (C=O) groups excluding carboxylic acids is 1. The molecule has 0 unspecified atom stereocenters. The predicted molar refractivity (Wildman–Crippen MR) is 153 cm³/mol. The molecule has 40 heavy (non-hydrogen) atoms. The van der Waals surface area contributed by atoms with E-state index in [1.807, 2.05) is 31.2 Å². The molecule has 1 saturated carbocycles. The lowest BCUT2D eigenvalue weighted by atomic mass is 9.71. The summed E-state index contributed by atoms with van der Waals surface area (Å²) in [4.78, 5) is 29.2. The first-order chi connectivity index (χ1) is 19.5. The second-order valence-electron chi connectivity index (χ2n) is 11.3. The summed E-state index contributed by atoms with van der Waals surface area (Å²) in [6, 6.07) is 12.3. The van der Waals surface area contributed by atoms with Crippen molar-refractivity contribution in [1.82, 2.24) is 19.9 Å². The van der Waals surface area contributed by atoms with E-state index in [1.165, 1.54) is 5.56 Å². The molecule has 0 atom stereocenters. The Hall–Kier alpha value is -3.60. The number of primary amides is 1. The summed E-state index contributed by atoms with van der Waals surface area (Å²) in [7, 11) is 0. The van der Waals surface area contributed by atoms with Crippen molar-refractivity contribution >= 4 is 23.2 Å². The lowest BCUT2D eigenvalue weighted by Crippen LogP contribution is -2.47. The molecule has 4 N–H and O–H groups in total. The molecule has 0 bridgehead atoms. The maximum absolute atomic E-state index is 12.6. The molecular formula is C30H37N7O3. The molecule has 2 saturated heterocycles. The van der Waals surface area contributed by atoms with Crippen LogP contribution in [0.3, 0.4) is 0 Å². The topological polar surface area (TPSA) is 128 Å². The number of benzene rings is 1. The van der Waals surface area contributed by atoms with Gasteiger partial charge in [-0.15, -0.1) is 0 Å². The number of ether oxygens (including phenoxy) is 2. The van der Waals surface area contributed by atoms with Gasteiger partial charge in [0.05, 0.1) is 32.1 Å². The highest BCUT2D eigenvalue weighted by molar-refractivity contribution is 5.97. The van der Waals surface area contributed by atoms with Gasteiger partial charge in [-0.25, -0.2) is 9.97 Å². The van der Waals surface area contributed by atoms with Crippen LogP contribution in [0.2, 0.25) is 0 Å². The molecule has 10 nitrogen and oxygen atoms in total. The first kappa shape index (κ1) is 26.6. The van der Waals surface area contributed by atoms with E-state index in [1.54, 1.807) is 6.20 Å². The van der Waals surface area contributed by atoms with Crippen LogP contribution in [0.1, 0.15) is 47.3 Å². The van der Waals surface area contributed by atoms with E-state index in [4.69, 9.17) is 25.2 Å². The van der Waals surface area contributed by atoms with Gasteiger partial charge in [-0.3, -0.25) is 14.7 Å². The van der Waals surface area contributed by atoms with Gasteiger partial charge in [0.25, 0.3) is 5.91 Å². The lowest BCUT2D eigenvalue weighted by Gasteiger charge is -2.46. The number of aromatic nitrogens is 3. The molecule has 3 aromatic rings. The first-order valence-electron chi connectivity index (χ1n) is 14.1. The summed E-state index contributed by atoms with van der Waals surface area (Å²) < 4.78 is 11.0. The standard InChI is InChI=1S/C30H37N7O3/c1-20-3-2-12-32-24(20)25-28(34-23-8-10-30(11-9-23)18-40-19-30)36-29(26(35-25)27(31)38)33-22-6-4-21(5-7-22)17-37-13-15-39-16-14-37/h2-7,12,23H,8-11,13-19H2,1H3,(H2,31,38)(H2,33,34,36). The van der Waals surface area contributed by atoms with Gasteiger partial charge >= 0.3 is 0 Å². The normalized spacial score (nSPS) is 19.2. The number of rotatable bonds is 8. The Labute approximate surface area is 234 Å². The van der Waals surface area contributed by atoms with Crippen LogP contribution in [0.25, 0.3) is 11.4 Å². The molecular weight excluding hydrogens is 506 g/mol. The minimum Gasteiger partial charge on any atom is -0.380 e. The lowest BCUT2D eigenvalue weighted by molar-refractivity contribution is -0.131. The van der Waals surface area contributed by atoms with Gasteiger partial charge in [0, 0.05) is 43.0 Å². The van der Waals surface area contributed by atoms with Gasteiger partial charge in [0.15, 0.2) is 17.3 Å². The molecule has 1 aliphatic carbocycles. The summed E-state index contributed by atoms with van der Waals surface area (Å²) in [6.07, 6.45) is 6.02. The second kappa shape index (κ2) is 11.5. The Morgan fingerprint density at radius 1 is 1.02 bits per heavy atom. The quantitative estimate of drug-likeness (QED) is 0.388. The molecule has 10 heteroatoms. The number of aryl methyl sites for hydroxylation is 1. The SMILES string of the molecule is Cc1cccnc1-c1nc(C(N)=O)c(Nc2ccc(CN3CCOCC3)cc2)nc1NC1CCC2(CC1)COC2. The highest BCUT2D eigenvalue weighted by Gasteiger charge is 2.41. The molecule has 1 amide bonds. The Balaban J connectivity index is 1.28. The zero-order valence-electron chi connectivity index (χ0n) is 23.0. The Bertz CT molecular complexity index is 1340. The number of pyridine rings is 1. The van der Waals surface area contributed by atoms with E-state index < -0.39 is 5.91 Å². The molecule has 2 aromatic heterocycles. The van der Waals surface area contributed by atoms with Crippen LogP contribution in [0.15, 0.2) is 42.6 Å². The summed E-state index contributed by atoms with van der Waals surface area (Å²) in [5.41, 5.74) is 10.4. The van der Waals surface area contributed by atoms with Crippen LogP contribution in [0.4, 0.5) is 17.3 Å². The zero-order chi connectivity index (χ0) is 27.5. The molecule has 1 aromatic carbocycles. The van der Waals surface area contributed by atoms with Crippen LogP contribution in [-0.2, 0) is 16.0 Å².